The summed E-state index contributed by atoms with van der Waals surface area (Å²) in [4.78, 5) is 14.1. The van der Waals surface area contributed by atoms with Gasteiger partial charge in [-0.1, -0.05) is 24.3 Å². The average Bonchev–Trinajstić information content (AvgIpc) is 2.60. The maximum Gasteiger partial charge on any atom is 0.260 e. The molecular weight excluding hydrogens is 309 g/mol. The molecule has 1 unspecified atom stereocenters. The normalized spacial score (nSPS) is 17.6. The van der Waals surface area contributed by atoms with Crippen LogP contribution in [-0.2, 0) is 9.53 Å². The van der Waals surface area contributed by atoms with E-state index < -0.39 is 0 Å². The molecule has 0 saturated carbocycles. The fourth-order valence-electron chi connectivity index (χ4n) is 2.70. The molecule has 1 amide bonds. The van der Waals surface area contributed by atoms with Gasteiger partial charge < -0.3 is 14.4 Å². The Morgan fingerprint density at radius 1 is 1.29 bits per heavy atom. The SMILES string of the molecule is Cc1cccc(OCC(=O)N2CCOC(c3ccc(F)cc3)C2)c1. The van der Waals surface area contributed by atoms with Crippen LogP contribution in [0.4, 0.5) is 4.39 Å². The first-order valence-electron chi connectivity index (χ1n) is 7.96. The van der Waals surface area contributed by atoms with Gasteiger partial charge in [0, 0.05) is 6.54 Å². The van der Waals surface area contributed by atoms with Crippen LogP contribution < -0.4 is 4.74 Å². The fraction of sp³-hybridized carbons (Fsp3) is 0.316. The highest BCUT2D eigenvalue weighted by Gasteiger charge is 2.25. The zero-order valence-electron chi connectivity index (χ0n) is 13.6. The van der Waals surface area contributed by atoms with E-state index in [4.69, 9.17) is 9.47 Å². The van der Waals surface area contributed by atoms with Crippen molar-refractivity contribution < 1.29 is 18.7 Å². The summed E-state index contributed by atoms with van der Waals surface area (Å²) < 4.78 is 24.3. The smallest absolute Gasteiger partial charge is 0.260 e. The number of ether oxygens (including phenoxy) is 2. The lowest BCUT2D eigenvalue weighted by Gasteiger charge is -2.33. The summed E-state index contributed by atoms with van der Waals surface area (Å²) in [6.45, 7) is 3.41. The van der Waals surface area contributed by atoms with Gasteiger partial charge in [0.2, 0.25) is 0 Å². The standard InChI is InChI=1S/C19H20FNO3/c1-14-3-2-4-17(11-14)24-13-19(22)21-9-10-23-18(12-21)15-5-7-16(20)8-6-15/h2-8,11,18H,9-10,12-13H2,1H3. The highest BCUT2D eigenvalue weighted by atomic mass is 19.1. The van der Waals surface area contributed by atoms with E-state index in [-0.39, 0.29) is 24.4 Å². The monoisotopic (exact) mass is 329 g/mol. The zero-order chi connectivity index (χ0) is 16.9. The lowest BCUT2D eigenvalue weighted by Crippen LogP contribution is -2.44. The molecule has 1 heterocycles. The van der Waals surface area contributed by atoms with Gasteiger partial charge >= 0.3 is 0 Å². The first-order valence-corrected chi connectivity index (χ1v) is 7.96. The maximum absolute atomic E-state index is 13.0. The quantitative estimate of drug-likeness (QED) is 0.865. The molecule has 0 spiro atoms. The van der Waals surface area contributed by atoms with Crippen LogP contribution in [0.25, 0.3) is 0 Å². The minimum absolute atomic E-state index is 0.000406. The minimum Gasteiger partial charge on any atom is -0.484 e. The van der Waals surface area contributed by atoms with Crippen LogP contribution in [0.1, 0.15) is 17.2 Å². The highest BCUT2D eigenvalue weighted by molar-refractivity contribution is 5.78. The van der Waals surface area contributed by atoms with Crippen molar-refractivity contribution >= 4 is 5.91 Å². The van der Waals surface area contributed by atoms with Crippen molar-refractivity contribution in [3.63, 3.8) is 0 Å². The Hall–Kier alpha value is -2.40. The molecule has 0 N–H and O–H groups in total. The number of rotatable bonds is 4. The van der Waals surface area contributed by atoms with E-state index in [0.717, 1.165) is 11.1 Å². The first-order chi connectivity index (χ1) is 11.6. The summed E-state index contributed by atoms with van der Waals surface area (Å²) in [6.07, 6.45) is -0.234. The summed E-state index contributed by atoms with van der Waals surface area (Å²) in [6, 6.07) is 13.8. The lowest BCUT2D eigenvalue weighted by atomic mass is 10.1. The molecule has 0 aliphatic carbocycles. The summed E-state index contributed by atoms with van der Waals surface area (Å²) in [7, 11) is 0. The summed E-state index contributed by atoms with van der Waals surface area (Å²) in [5.74, 6) is 0.327. The van der Waals surface area contributed by atoms with Crippen LogP contribution in [0.3, 0.4) is 0 Å². The van der Waals surface area contributed by atoms with Crippen LogP contribution in [0.2, 0.25) is 0 Å². The molecule has 0 bridgehead atoms. The summed E-state index contributed by atoms with van der Waals surface area (Å²) in [5, 5.41) is 0. The molecule has 1 aliphatic rings. The Bertz CT molecular complexity index is 702. The van der Waals surface area contributed by atoms with Gasteiger partial charge in [0.15, 0.2) is 6.61 Å². The molecule has 2 aromatic rings. The van der Waals surface area contributed by atoms with Gasteiger partial charge in [0.1, 0.15) is 17.7 Å². The van der Waals surface area contributed by atoms with E-state index in [1.807, 2.05) is 31.2 Å². The molecule has 5 heteroatoms. The molecule has 1 saturated heterocycles. The van der Waals surface area contributed by atoms with Gasteiger partial charge in [-0.3, -0.25) is 4.79 Å². The largest absolute Gasteiger partial charge is 0.484 e. The Kier molecular flexibility index (Phi) is 5.11. The molecule has 0 aromatic heterocycles. The predicted molar refractivity (Wildman–Crippen MR) is 88.3 cm³/mol. The maximum atomic E-state index is 13.0. The number of amides is 1. The first kappa shape index (κ1) is 16.5. The van der Waals surface area contributed by atoms with Crippen LogP contribution in [0.15, 0.2) is 48.5 Å². The van der Waals surface area contributed by atoms with Crippen LogP contribution in [-0.4, -0.2) is 37.1 Å². The average molecular weight is 329 g/mol. The topological polar surface area (TPSA) is 38.8 Å². The second-order valence-corrected chi connectivity index (χ2v) is 5.86. The van der Waals surface area contributed by atoms with Gasteiger partial charge in [0.05, 0.1) is 13.2 Å². The van der Waals surface area contributed by atoms with Gasteiger partial charge in [-0.05, 0) is 42.3 Å². The van der Waals surface area contributed by atoms with E-state index in [9.17, 15) is 9.18 Å². The van der Waals surface area contributed by atoms with E-state index >= 15 is 0 Å². The summed E-state index contributed by atoms with van der Waals surface area (Å²) >= 11 is 0. The van der Waals surface area contributed by atoms with Crippen molar-refractivity contribution in [2.75, 3.05) is 26.3 Å². The van der Waals surface area contributed by atoms with Crippen molar-refractivity contribution in [1.82, 2.24) is 4.90 Å². The van der Waals surface area contributed by atoms with E-state index in [1.54, 1.807) is 17.0 Å². The Morgan fingerprint density at radius 2 is 2.08 bits per heavy atom. The number of benzene rings is 2. The number of hydrogen-bond donors (Lipinski definition) is 0. The molecule has 1 fully saturated rings. The number of halogens is 1. The van der Waals surface area contributed by atoms with Gasteiger partial charge in [-0.15, -0.1) is 0 Å². The molecule has 24 heavy (non-hydrogen) atoms. The molecule has 2 aromatic carbocycles. The van der Waals surface area contributed by atoms with Crippen molar-refractivity contribution in [3.05, 3.63) is 65.5 Å². The third-order valence-corrected chi connectivity index (χ3v) is 4.01. The van der Waals surface area contributed by atoms with Crippen LogP contribution in [0.5, 0.6) is 5.75 Å². The van der Waals surface area contributed by atoms with Crippen LogP contribution in [0, 0.1) is 12.7 Å². The number of carbonyl (C=O) groups excluding carboxylic acids is 1. The minimum atomic E-state index is -0.283. The molecule has 1 atom stereocenters. The van der Waals surface area contributed by atoms with Gasteiger partial charge in [-0.25, -0.2) is 4.39 Å². The Morgan fingerprint density at radius 3 is 2.83 bits per heavy atom. The third-order valence-electron chi connectivity index (χ3n) is 4.01. The van der Waals surface area contributed by atoms with E-state index in [2.05, 4.69) is 0 Å². The number of aryl methyl sites for hydroxylation is 1. The molecule has 1 aliphatic heterocycles. The highest BCUT2D eigenvalue weighted by Crippen LogP contribution is 2.22. The Labute approximate surface area is 140 Å². The van der Waals surface area contributed by atoms with Crippen molar-refractivity contribution in [2.24, 2.45) is 0 Å². The Balaban J connectivity index is 1.57. The van der Waals surface area contributed by atoms with Gasteiger partial charge in [-0.2, -0.15) is 0 Å². The third kappa shape index (κ3) is 4.11. The second kappa shape index (κ2) is 7.45. The predicted octanol–water partition coefficient (Wildman–Crippen LogP) is 3.11. The van der Waals surface area contributed by atoms with Crippen molar-refractivity contribution in [1.29, 1.82) is 0 Å². The molecule has 0 radical (unpaired) electrons. The lowest BCUT2D eigenvalue weighted by molar-refractivity contribution is -0.141. The molecule has 4 nitrogen and oxygen atoms in total. The molecule has 3 rings (SSSR count). The zero-order valence-corrected chi connectivity index (χ0v) is 13.6. The van der Waals surface area contributed by atoms with Crippen molar-refractivity contribution in [2.45, 2.75) is 13.0 Å². The second-order valence-electron chi connectivity index (χ2n) is 5.86. The van der Waals surface area contributed by atoms with Crippen molar-refractivity contribution in [3.8, 4) is 5.75 Å². The molecule has 126 valence electrons. The number of carbonyl (C=O) groups is 1. The van der Waals surface area contributed by atoms with E-state index in [0.29, 0.717) is 25.4 Å². The summed E-state index contributed by atoms with van der Waals surface area (Å²) in [5.41, 5.74) is 1.95. The van der Waals surface area contributed by atoms with E-state index in [1.165, 1.54) is 12.1 Å². The fourth-order valence-corrected chi connectivity index (χ4v) is 2.70. The van der Waals surface area contributed by atoms with Gasteiger partial charge in [0.25, 0.3) is 5.91 Å². The number of nitrogens with zero attached hydrogens (tertiary/aromatic N) is 1. The number of hydrogen-bond acceptors (Lipinski definition) is 3. The number of morpholine rings is 1. The molecular formula is C19H20FNO3. The van der Waals surface area contributed by atoms with Crippen LogP contribution >= 0.6 is 0 Å².